The first-order valence-corrected chi connectivity index (χ1v) is 17.5. The van der Waals surface area contributed by atoms with Crippen molar-refractivity contribution in [3.63, 3.8) is 0 Å². The summed E-state index contributed by atoms with van der Waals surface area (Å²) in [5.74, 6) is -0.828. The SMILES string of the molecule is FC(F)(F)c1cc(-c2ccccn2)n[nH]1.FC(F)(F)c1cc(-c2ccccn2)n[nH]1.O=P(Cc1ccc(F)cc1F)(Oc1ccccc1)Oc1ccccc1.[Ru]. The molecule has 7 rings (SSSR count). The van der Waals surface area contributed by atoms with Gasteiger partial charge in [0.25, 0.3) is 0 Å². The van der Waals surface area contributed by atoms with Crippen LogP contribution in [0.15, 0.2) is 140 Å². The smallest absolute Gasteiger partial charge is 0.416 e. The number of benzene rings is 3. The van der Waals surface area contributed by atoms with E-state index in [-0.39, 0.29) is 42.6 Å². The topological polar surface area (TPSA) is 119 Å². The van der Waals surface area contributed by atoms with E-state index in [1.54, 1.807) is 97.1 Å². The van der Waals surface area contributed by atoms with E-state index in [2.05, 4.69) is 20.2 Å². The van der Waals surface area contributed by atoms with Gasteiger partial charge in [-0.25, -0.2) is 13.3 Å². The van der Waals surface area contributed by atoms with Crippen LogP contribution >= 0.6 is 7.60 Å². The molecule has 7 aromatic rings. The third kappa shape index (κ3) is 12.7. The molecule has 0 aliphatic rings. The first-order valence-electron chi connectivity index (χ1n) is 15.8. The van der Waals surface area contributed by atoms with Gasteiger partial charge < -0.3 is 9.05 Å². The minimum atomic E-state index is -4.40. The molecule has 0 saturated carbocycles. The third-order valence-electron chi connectivity index (χ3n) is 6.98. The molecule has 0 spiro atoms. The zero-order valence-corrected chi connectivity index (χ0v) is 31.0. The van der Waals surface area contributed by atoms with Crippen LogP contribution in [0.5, 0.6) is 11.5 Å². The number of alkyl halides is 6. The van der Waals surface area contributed by atoms with Gasteiger partial charge in [-0.3, -0.25) is 20.2 Å². The van der Waals surface area contributed by atoms with Crippen molar-refractivity contribution in [1.29, 1.82) is 0 Å². The van der Waals surface area contributed by atoms with E-state index in [1.807, 2.05) is 10.2 Å². The Labute approximate surface area is 326 Å². The zero-order valence-electron chi connectivity index (χ0n) is 28.3. The Morgan fingerprint density at radius 2 is 0.982 bits per heavy atom. The van der Waals surface area contributed by atoms with Crippen LogP contribution in [-0.4, -0.2) is 30.4 Å². The largest absolute Gasteiger partial charge is 0.435 e. The summed E-state index contributed by atoms with van der Waals surface area (Å²) in [6.45, 7) is 0. The van der Waals surface area contributed by atoms with Gasteiger partial charge in [-0.1, -0.05) is 54.6 Å². The second-order valence-electron chi connectivity index (χ2n) is 11.1. The second-order valence-corrected chi connectivity index (χ2v) is 13.0. The Morgan fingerprint density at radius 3 is 1.34 bits per heavy atom. The first kappa shape index (κ1) is 43.0. The van der Waals surface area contributed by atoms with E-state index in [0.29, 0.717) is 22.9 Å². The number of hydrogen-bond donors (Lipinski definition) is 2. The maximum atomic E-state index is 14.0. The summed E-state index contributed by atoms with van der Waals surface area (Å²) in [6.07, 6.45) is -6.14. The minimum Gasteiger partial charge on any atom is -0.416 e. The first-order chi connectivity index (χ1) is 26.2. The molecule has 3 aromatic carbocycles. The Morgan fingerprint density at radius 1 is 0.554 bits per heavy atom. The molecule has 56 heavy (non-hydrogen) atoms. The van der Waals surface area contributed by atoms with E-state index in [1.165, 1.54) is 18.5 Å². The number of aromatic nitrogens is 6. The molecule has 4 aromatic heterocycles. The van der Waals surface area contributed by atoms with Gasteiger partial charge in [-0.15, -0.1) is 0 Å². The molecule has 0 aliphatic carbocycles. The molecule has 0 radical (unpaired) electrons. The van der Waals surface area contributed by atoms with Gasteiger partial charge >= 0.3 is 19.9 Å². The molecule has 2 N–H and O–H groups in total. The van der Waals surface area contributed by atoms with Crippen molar-refractivity contribution in [2.75, 3.05) is 0 Å². The molecule has 292 valence electrons. The van der Waals surface area contributed by atoms with Crippen LogP contribution in [0.3, 0.4) is 0 Å². The molecule has 19 heteroatoms. The van der Waals surface area contributed by atoms with Gasteiger partial charge in [0, 0.05) is 43.5 Å². The predicted octanol–water partition coefficient (Wildman–Crippen LogP) is 10.8. The molecule has 0 unspecified atom stereocenters. The number of para-hydroxylation sites is 2. The summed E-state index contributed by atoms with van der Waals surface area (Å²) < 4.78 is 125. The van der Waals surface area contributed by atoms with Crippen molar-refractivity contribution in [3.8, 4) is 34.3 Å². The normalized spacial score (nSPS) is 11.2. The predicted molar refractivity (Wildman–Crippen MR) is 185 cm³/mol. The fourth-order valence-electron chi connectivity index (χ4n) is 4.45. The fraction of sp³-hybridized carbons (Fsp3) is 0.0811. The number of hydrogen-bond acceptors (Lipinski definition) is 7. The molecule has 0 fully saturated rings. The van der Waals surface area contributed by atoms with E-state index >= 15 is 0 Å². The standard InChI is InChI=1S/C19H15F2O3P.2C9H6F3N3.Ru/c20-16-12-11-15(19(21)13-16)14-25(22,23-17-7-3-1-4-8-17)24-18-9-5-2-6-10-18;2*10-9(11,12)8-5-7(14-15-8)6-3-1-2-4-13-6;/h1-13H,14H2;2*1-5H,(H,14,15);. The van der Waals surface area contributed by atoms with Crippen molar-refractivity contribution < 1.29 is 68.2 Å². The minimum absolute atomic E-state index is 0. The van der Waals surface area contributed by atoms with Crippen LogP contribution in [-0.2, 0) is 42.6 Å². The maximum Gasteiger partial charge on any atom is 0.435 e. The third-order valence-corrected chi connectivity index (χ3v) is 8.68. The average molecular weight is 888 g/mol. The van der Waals surface area contributed by atoms with E-state index in [9.17, 15) is 39.7 Å². The van der Waals surface area contributed by atoms with Gasteiger partial charge in [0.1, 0.15) is 52.1 Å². The van der Waals surface area contributed by atoms with Gasteiger partial charge in [0.15, 0.2) is 0 Å². The number of nitrogens with one attached hydrogen (secondary N) is 2. The summed E-state index contributed by atoms with van der Waals surface area (Å²) in [5, 5.41) is 10.9. The molecule has 0 atom stereocenters. The molecule has 0 amide bonds. The van der Waals surface area contributed by atoms with E-state index in [4.69, 9.17) is 9.05 Å². The number of pyridine rings is 2. The Balaban J connectivity index is 0.000000195. The van der Waals surface area contributed by atoms with Crippen LogP contribution in [0.4, 0.5) is 35.1 Å². The van der Waals surface area contributed by atoms with Crippen LogP contribution in [0, 0.1) is 11.6 Å². The summed E-state index contributed by atoms with van der Waals surface area (Å²) in [4.78, 5) is 7.79. The van der Waals surface area contributed by atoms with Gasteiger partial charge in [-0.2, -0.15) is 36.5 Å². The monoisotopic (exact) mass is 888 g/mol. The van der Waals surface area contributed by atoms with Crippen molar-refractivity contribution >= 4 is 7.60 Å². The van der Waals surface area contributed by atoms with Crippen molar-refractivity contribution in [3.05, 3.63) is 168 Å². The van der Waals surface area contributed by atoms with Crippen molar-refractivity contribution in [2.24, 2.45) is 0 Å². The zero-order chi connectivity index (χ0) is 39.5. The Bertz CT molecular complexity index is 2170. The molecule has 0 bridgehead atoms. The van der Waals surface area contributed by atoms with Crippen molar-refractivity contribution in [2.45, 2.75) is 18.5 Å². The van der Waals surface area contributed by atoms with Crippen LogP contribution in [0.2, 0.25) is 0 Å². The summed E-state index contributed by atoms with van der Waals surface area (Å²) >= 11 is 0. The summed E-state index contributed by atoms with van der Waals surface area (Å²) in [6, 6.07) is 31.8. The summed E-state index contributed by atoms with van der Waals surface area (Å²) in [5.41, 5.74) is -0.512. The molecule has 0 aliphatic heterocycles. The van der Waals surface area contributed by atoms with Crippen LogP contribution in [0.1, 0.15) is 17.0 Å². The average Bonchev–Trinajstić information content (AvgIpc) is 3.87. The molecular weight excluding hydrogens is 860 g/mol. The molecule has 4 heterocycles. The number of nitrogens with zero attached hydrogens (tertiary/aromatic N) is 4. The van der Waals surface area contributed by atoms with Crippen molar-refractivity contribution in [1.82, 2.24) is 30.4 Å². The van der Waals surface area contributed by atoms with Gasteiger partial charge in [0.2, 0.25) is 0 Å². The van der Waals surface area contributed by atoms with Gasteiger partial charge in [-0.05, 0) is 66.7 Å². The van der Waals surface area contributed by atoms with E-state index < -0.39 is 43.0 Å². The Hall–Kier alpha value is -5.73. The molecule has 9 nitrogen and oxygen atoms in total. The van der Waals surface area contributed by atoms with Crippen LogP contribution < -0.4 is 9.05 Å². The molecular formula is C37H27F8N6O3PRu. The second kappa shape index (κ2) is 19.2. The van der Waals surface area contributed by atoms with Gasteiger partial charge in [0.05, 0.1) is 11.4 Å². The number of halogens is 8. The van der Waals surface area contributed by atoms with E-state index in [0.717, 1.165) is 24.3 Å². The quantitative estimate of drug-likeness (QED) is 0.0886. The fourth-order valence-corrected chi connectivity index (χ4v) is 6.18. The molecule has 0 saturated heterocycles. The van der Waals surface area contributed by atoms with Crippen LogP contribution in [0.25, 0.3) is 22.8 Å². The number of aromatic amines is 2. The number of H-pyrrole nitrogens is 2. The Kier molecular flexibility index (Phi) is 14.8. The summed E-state index contributed by atoms with van der Waals surface area (Å²) in [7, 11) is -3.79. The maximum absolute atomic E-state index is 14.0. The number of rotatable bonds is 8.